The van der Waals surface area contributed by atoms with Gasteiger partial charge in [-0.05, 0) is 48.7 Å². The second-order valence-corrected chi connectivity index (χ2v) is 6.86. The predicted molar refractivity (Wildman–Crippen MR) is 104 cm³/mol. The lowest BCUT2D eigenvalue weighted by Crippen LogP contribution is -2.35. The summed E-state index contributed by atoms with van der Waals surface area (Å²) in [6.07, 6.45) is 2.13. The van der Waals surface area contributed by atoms with E-state index >= 15 is 0 Å². The van der Waals surface area contributed by atoms with Crippen LogP contribution < -0.4 is 0 Å². The fraction of sp³-hybridized carbons (Fsp3) is 0.300. The minimum atomic E-state index is -0.0304. The van der Waals surface area contributed by atoms with Crippen LogP contribution >= 0.6 is 15.9 Å². The Labute approximate surface area is 156 Å². The van der Waals surface area contributed by atoms with E-state index in [1.54, 1.807) is 0 Å². The van der Waals surface area contributed by atoms with Crippen molar-refractivity contribution in [2.45, 2.75) is 24.9 Å². The topological polar surface area (TPSA) is 52.0 Å². The fourth-order valence-electron chi connectivity index (χ4n) is 3.23. The molecule has 1 saturated heterocycles. The highest BCUT2D eigenvalue weighted by atomic mass is 79.9. The first-order valence-electron chi connectivity index (χ1n) is 8.37. The first-order valence-corrected chi connectivity index (χ1v) is 9.16. The molecule has 1 aliphatic heterocycles. The van der Waals surface area contributed by atoms with Crippen molar-refractivity contribution in [3.05, 3.63) is 80.6 Å². The van der Waals surface area contributed by atoms with Gasteiger partial charge >= 0.3 is 0 Å². The molecule has 1 fully saturated rings. The molecule has 0 aromatic heterocycles. The number of azide groups is 1. The quantitative estimate of drug-likeness (QED) is 0.299. The van der Waals surface area contributed by atoms with Gasteiger partial charge in [0.1, 0.15) is 0 Å². The molecular weight excluding hydrogens is 376 g/mol. The second kappa shape index (κ2) is 8.73. The number of benzene rings is 2. The standard InChI is InChI=1S/C20H19BrN4/c21-19-11-5-4-10-18(19)20(13-12-16-7-2-1-3-8-16)25-14-6-9-17(25)15-23-24-22/h1-5,7-8,10-11,17,20H,6,9,14-15H2/t17-,20+/m0/s1. The minimum absolute atomic E-state index is 0.0304. The highest BCUT2D eigenvalue weighted by molar-refractivity contribution is 9.10. The number of hydrogen-bond donors (Lipinski definition) is 0. The zero-order valence-corrected chi connectivity index (χ0v) is 15.4. The van der Waals surface area contributed by atoms with Gasteiger partial charge in [0, 0.05) is 27.5 Å². The van der Waals surface area contributed by atoms with Gasteiger partial charge in [-0.3, -0.25) is 4.90 Å². The normalized spacial score (nSPS) is 18.0. The van der Waals surface area contributed by atoms with Crippen molar-refractivity contribution in [2.24, 2.45) is 5.11 Å². The third-order valence-corrected chi connectivity index (χ3v) is 5.16. The van der Waals surface area contributed by atoms with Crippen LogP contribution in [0.5, 0.6) is 0 Å². The highest BCUT2D eigenvalue weighted by Crippen LogP contribution is 2.33. The summed E-state index contributed by atoms with van der Waals surface area (Å²) in [6.45, 7) is 1.45. The zero-order chi connectivity index (χ0) is 17.5. The summed E-state index contributed by atoms with van der Waals surface area (Å²) < 4.78 is 1.05. The Hall–Kier alpha value is -2.25. The molecule has 0 amide bonds. The van der Waals surface area contributed by atoms with E-state index in [-0.39, 0.29) is 12.1 Å². The molecule has 25 heavy (non-hydrogen) atoms. The lowest BCUT2D eigenvalue weighted by atomic mass is 10.0. The van der Waals surface area contributed by atoms with Crippen LogP contribution in [-0.2, 0) is 0 Å². The van der Waals surface area contributed by atoms with Gasteiger partial charge in [-0.2, -0.15) is 0 Å². The van der Waals surface area contributed by atoms with Crippen LogP contribution in [0.4, 0.5) is 0 Å². The Morgan fingerprint density at radius 1 is 1.20 bits per heavy atom. The van der Waals surface area contributed by atoms with Gasteiger partial charge in [0.15, 0.2) is 0 Å². The molecule has 1 heterocycles. The number of likely N-dealkylation sites (tertiary alicyclic amines) is 1. The zero-order valence-electron chi connectivity index (χ0n) is 13.8. The molecule has 0 bridgehead atoms. The number of rotatable bonds is 4. The molecule has 1 aliphatic rings. The van der Waals surface area contributed by atoms with E-state index in [1.165, 1.54) is 0 Å². The Kier molecular flexibility index (Phi) is 6.14. The minimum Gasteiger partial charge on any atom is -0.283 e. The van der Waals surface area contributed by atoms with Crippen molar-refractivity contribution in [2.75, 3.05) is 13.1 Å². The monoisotopic (exact) mass is 394 g/mol. The molecule has 0 radical (unpaired) electrons. The average molecular weight is 395 g/mol. The van der Waals surface area contributed by atoms with E-state index in [0.29, 0.717) is 6.54 Å². The molecule has 4 nitrogen and oxygen atoms in total. The Morgan fingerprint density at radius 2 is 1.96 bits per heavy atom. The Balaban J connectivity index is 1.96. The van der Waals surface area contributed by atoms with E-state index in [9.17, 15) is 0 Å². The van der Waals surface area contributed by atoms with Gasteiger partial charge in [0.05, 0.1) is 6.04 Å². The maximum Gasteiger partial charge on any atom is 0.0987 e. The van der Waals surface area contributed by atoms with Gasteiger partial charge in [0.25, 0.3) is 0 Å². The van der Waals surface area contributed by atoms with E-state index in [0.717, 1.165) is 35.0 Å². The molecular formula is C20H19BrN4. The average Bonchev–Trinajstić information content (AvgIpc) is 3.11. The second-order valence-electron chi connectivity index (χ2n) is 6.01. The molecule has 3 rings (SSSR count). The van der Waals surface area contributed by atoms with Crippen LogP contribution in [-0.4, -0.2) is 24.0 Å². The lowest BCUT2D eigenvalue weighted by Gasteiger charge is -2.30. The predicted octanol–water partition coefficient (Wildman–Crippen LogP) is 5.32. The van der Waals surface area contributed by atoms with E-state index in [4.69, 9.17) is 5.53 Å². The first kappa shape index (κ1) is 17.6. The van der Waals surface area contributed by atoms with Crippen molar-refractivity contribution < 1.29 is 0 Å². The van der Waals surface area contributed by atoms with Crippen molar-refractivity contribution in [1.29, 1.82) is 0 Å². The SMILES string of the molecule is [N-]=[N+]=NC[C@@H]1CCCN1[C@H](C#Cc1ccccc1)c1ccccc1Br. The van der Waals surface area contributed by atoms with Crippen LogP contribution in [0.2, 0.25) is 0 Å². The van der Waals surface area contributed by atoms with Crippen LogP contribution in [0.15, 0.2) is 64.2 Å². The van der Waals surface area contributed by atoms with Gasteiger partial charge in [-0.25, -0.2) is 0 Å². The number of halogens is 1. The van der Waals surface area contributed by atoms with Crippen molar-refractivity contribution >= 4 is 15.9 Å². The van der Waals surface area contributed by atoms with E-state index in [1.807, 2.05) is 48.5 Å². The number of nitrogens with zero attached hydrogens (tertiary/aromatic N) is 4. The van der Waals surface area contributed by atoms with Crippen molar-refractivity contribution in [3.8, 4) is 11.8 Å². The maximum absolute atomic E-state index is 8.67. The molecule has 126 valence electrons. The Morgan fingerprint density at radius 3 is 2.72 bits per heavy atom. The molecule has 2 aromatic carbocycles. The van der Waals surface area contributed by atoms with Crippen LogP contribution in [0, 0.1) is 11.8 Å². The summed E-state index contributed by atoms with van der Waals surface area (Å²) in [4.78, 5) is 5.30. The van der Waals surface area contributed by atoms with Gasteiger partial charge in [0.2, 0.25) is 0 Å². The third-order valence-electron chi connectivity index (χ3n) is 4.44. The van der Waals surface area contributed by atoms with Crippen LogP contribution in [0.1, 0.15) is 30.0 Å². The van der Waals surface area contributed by atoms with E-state index in [2.05, 4.69) is 48.8 Å². The van der Waals surface area contributed by atoms with Crippen LogP contribution in [0.25, 0.3) is 10.4 Å². The molecule has 5 heteroatoms. The summed E-state index contributed by atoms with van der Waals surface area (Å²) in [5, 5.41) is 3.80. The summed E-state index contributed by atoms with van der Waals surface area (Å²) in [6, 6.07) is 18.4. The fourth-order valence-corrected chi connectivity index (χ4v) is 3.74. The van der Waals surface area contributed by atoms with Crippen LogP contribution in [0.3, 0.4) is 0 Å². The van der Waals surface area contributed by atoms with E-state index < -0.39 is 0 Å². The van der Waals surface area contributed by atoms with Crippen molar-refractivity contribution in [3.63, 3.8) is 0 Å². The Bertz CT molecular complexity index is 818. The largest absolute Gasteiger partial charge is 0.283 e. The van der Waals surface area contributed by atoms with Gasteiger partial charge in [-0.15, -0.1) is 0 Å². The first-order chi connectivity index (χ1) is 12.3. The molecule has 2 aromatic rings. The molecule has 0 N–H and O–H groups in total. The highest BCUT2D eigenvalue weighted by Gasteiger charge is 2.31. The van der Waals surface area contributed by atoms with Crippen molar-refractivity contribution in [1.82, 2.24) is 4.90 Å². The molecule has 0 spiro atoms. The smallest absolute Gasteiger partial charge is 0.0987 e. The summed E-state index contributed by atoms with van der Waals surface area (Å²) >= 11 is 3.67. The summed E-state index contributed by atoms with van der Waals surface area (Å²) in [7, 11) is 0. The maximum atomic E-state index is 8.67. The lowest BCUT2D eigenvalue weighted by molar-refractivity contribution is 0.222. The molecule has 0 aliphatic carbocycles. The molecule has 0 unspecified atom stereocenters. The van der Waals surface area contributed by atoms with Gasteiger partial charge in [-0.1, -0.05) is 69.3 Å². The summed E-state index contributed by atoms with van der Waals surface area (Å²) in [5.41, 5.74) is 10.8. The summed E-state index contributed by atoms with van der Waals surface area (Å²) in [5.74, 6) is 6.76. The molecule has 2 atom stereocenters. The van der Waals surface area contributed by atoms with Gasteiger partial charge < -0.3 is 0 Å². The number of hydrogen-bond acceptors (Lipinski definition) is 2. The third kappa shape index (κ3) is 4.43. The molecule has 0 saturated carbocycles.